The fraction of sp³-hybridized carbons (Fsp3) is 0.214. The van der Waals surface area contributed by atoms with Gasteiger partial charge < -0.3 is 11.1 Å². The van der Waals surface area contributed by atoms with Crippen molar-refractivity contribution in [3.8, 4) is 0 Å². The van der Waals surface area contributed by atoms with Crippen LogP contribution in [0.5, 0.6) is 0 Å². The van der Waals surface area contributed by atoms with Gasteiger partial charge >= 0.3 is 0 Å². The Morgan fingerprint density at radius 3 is 2.90 bits per heavy atom. The van der Waals surface area contributed by atoms with Gasteiger partial charge in [0.05, 0.1) is 23.5 Å². The van der Waals surface area contributed by atoms with Gasteiger partial charge in [-0.25, -0.2) is 0 Å². The number of carbonyl (C=O) groups excluding carboxylic acids is 1. The number of hydrogen-bond donors (Lipinski definition) is 2. The van der Waals surface area contributed by atoms with E-state index in [1.165, 1.54) is 0 Å². The number of aryl methyl sites for hydroxylation is 1. The van der Waals surface area contributed by atoms with Crippen LogP contribution in [0.1, 0.15) is 17.7 Å². The zero-order valence-electron chi connectivity index (χ0n) is 11.5. The minimum absolute atomic E-state index is 0.110. The highest BCUT2D eigenvalue weighted by Gasteiger charge is 2.08. The molecule has 2 aromatic rings. The van der Waals surface area contributed by atoms with Gasteiger partial charge in [0.1, 0.15) is 4.99 Å². The summed E-state index contributed by atoms with van der Waals surface area (Å²) < 4.78 is 1.70. The number of benzene rings is 1. The van der Waals surface area contributed by atoms with E-state index in [0.29, 0.717) is 28.7 Å². The van der Waals surface area contributed by atoms with Crippen molar-refractivity contribution in [2.75, 3.05) is 5.32 Å². The molecule has 5 nitrogen and oxygen atoms in total. The summed E-state index contributed by atoms with van der Waals surface area (Å²) >= 11 is 10.8. The first-order valence-corrected chi connectivity index (χ1v) is 7.13. The van der Waals surface area contributed by atoms with Gasteiger partial charge in [0.15, 0.2) is 0 Å². The molecule has 0 saturated heterocycles. The van der Waals surface area contributed by atoms with Gasteiger partial charge in [-0.2, -0.15) is 5.10 Å². The van der Waals surface area contributed by atoms with Gasteiger partial charge in [-0.15, -0.1) is 0 Å². The Labute approximate surface area is 133 Å². The van der Waals surface area contributed by atoms with E-state index >= 15 is 0 Å². The fourth-order valence-corrected chi connectivity index (χ4v) is 2.10. The van der Waals surface area contributed by atoms with E-state index in [1.807, 2.05) is 6.92 Å². The van der Waals surface area contributed by atoms with Crippen LogP contribution in [0, 0.1) is 6.92 Å². The highest BCUT2D eigenvalue weighted by molar-refractivity contribution is 7.80. The smallest absolute Gasteiger partial charge is 0.226 e. The molecule has 0 radical (unpaired) electrons. The number of carbonyl (C=O) groups is 1. The topological polar surface area (TPSA) is 72.9 Å². The molecule has 1 heterocycles. The number of aromatic nitrogens is 2. The molecule has 0 aliphatic heterocycles. The third-order valence-electron chi connectivity index (χ3n) is 3.02. The molecule has 1 aromatic carbocycles. The molecule has 0 atom stereocenters. The Bertz CT molecular complexity index is 683. The molecule has 0 aliphatic rings. The largest absolute Gasteiger partial charge is 0.389 e. The maximum Gasteiger partial charge on any atom is 0.226 e. The molecule has 110 valence electrons. The molecule has 0 aliphatic carbocycles. The predicted molar refractivity (Wildman–Crippen MR) is 87.6 cm³/mol. The van der Waals surface area contributed by atoms with E-state index in [4.69, 9.17) is 29.6 Å². The average Bonchev–Trinajstić information content (AvgIpc) is 2.77. The summed E-state index contributed by atoms with van der Waals surface area (Å²) in [6.07, 6.45) is 1.87. The second kappa shape index (κ2) is 6.69. The van der Waals surface area contributed by atoms with E-state index in [-0.39, 0.29) is 5.91 Å². The van der Waals surface area contributed by atoms with Crippen LogP contribution in [-0.4, -0.2) is 20.7 Å². The summed E-state index contributed by atoms with van der Waals surface area (Å²) in [6.45, 7) is 2.33. The molecule has 3 N–H and O–H groups in total. The molecule has 2 rings (SSSR count). The number of nitrogens with zero attached hydrogens (tertiary/aromatic N) is 2. The number of rotatable bonds is 5. The Kier molecular flexibility index (Phi) is 4.93. The minimum atomic E-state index is -0.110. The third-order valence-corrected chi connectivity index (χ3v) is 3.63. The van der Waals surface area contributed by atoms with E-state index < -0.39 is 0 Å². The molecule has 0 spiro atoms. The van der Waals surface area contributed by atoms with Gasteiger partial charge in [0.2, 0.25) is 5.91 Å². The van der Waals surface area contributed by atoms with Crippen LogP contribution in [0.15, 0.2) is 30.5 Å². The number of thiocarbonyl (C=S) groups is 1. The highest BCUT2D eigenvalue weighted by Crippen LogP contribution is 2.14. The molecular weight excluding hydrogens is 308 g/mol. The number of nitrogens with two attached hydrogens (primary N) is 1. The van der Waals surface area contributed by atoms with Crippen LogP contribution in [0.4, 0.5) is 5.69 Å². The Morgan fingerprint density at radius 2 is 2.29 bits per heavy atom. The second-order valence-corrected chi connectivity index (χ2v) is 5.39. The summed E-state index contributed by atoms with van der Waals surface area (Å²) in [7, 11) is 0. The predicted octanol–water partition coefficient (Wildman–Crippen LogP) is 2.51. The lowest BCUT2D eigenvalue weighted by Gasteiger charge is -2.08. The summed E-state index contributed by atoms with van der Waals surface area (Å²) in [5.41, 5.74) is 7.80. The highest BCUT2D eigenvalue weighted by atomic mass is 35.5. The molecule has 21 heavy (non-hydrogen) atoms. The van der Waals surface area contributed by atoms with E-state index in [1.54, 1.807) is 35.1 Å². The molecule has 1 aromatic heterocycles. The SMILES string of the molecule is Cc1c(Cl)cnn1CCC(=O)Nc1cccc(C(N)=S)c1. The number of anilines is 1. The quantitative estimate of drug-likeness (QED) is 0.830. The normalized spacial score (nSPS) is 10.4. The van der Waals surface area contributed by atoms with Crippen LogP contribution < -0.4 is 11.1 Å². The van der Waals surface area contributed by atoms with Crippen molar-refractivity contribution in [2.45, 2.75) is 19.9 Å². The summed E-state index contributed by atoms with van der Waals surface area (Å²) in [4.78, 5) is 12.2. The Morgan fingerprint density at radius 1 is 1.52 bits per heavy atom. The number of halogens is 1. The maximum atomic E-state index is 11.9. The van der Waals surface area contributed by atoms with Crippen molar-refractivity contribution in [3.63, 3.8) is 0 Å². The van der Waals surface area contributed by atoms with Crippen molar-refractivity contribution >= 4 is 40.4 Å². The van der Waals surface area contributed by atoms with Gasteiger partial charge in [-0.1, -0.05) is 36.0 Å². The number of amides is 1. The Hall–Kier alpha value is -1.92. The van der Waals surface area contributed by atoms with Crippen LogP contribution in [0.3, 0.4) is 0 Å². The van der Waals surface area contributed by atoms with E-state index in [0.717, 1.165) is 11.3 Å². The van der Waals surface area contributed by atoms with E-state index in [9.17, 15) is 4.79 Å². The first-order chi connectivity index (χ1) is 9.97. The summed E-state index contributed by atoms with van der Waals surface area (Å²) in [5.74, 6) is -0.110. The zero-order chi connectivity index (χ0) is 15.4. The van der Waals surface area contributed by atoms with Crippen molar-refractivity contribution < 1.29 is 4.79 Å². The van der Waals surface area contributed by atoms with Crippen LogP contribution in [-0.2, 0) is 11.3 Å². The van der Waals surface area contributed by atoms with Crippen molar-refractivity contribution in [1.82, 2.24) is 9.78 Å². The zero-order valence-corrected chi connectivity index (χ0v) is 13.0. The minimum Gasteiger partial charge on any atom is -0.389 e. The summed E-state index contributed by atoms with van der Waals surface area (Å²) in [5, 5.41) is 7.51. The van der Waals surface area contributed by atoms with Crippen LogP contribution in [0.2, 0.25) is 5.02 Å². The molecule has 0 saturated carbocycles. The number of hydrogen-bond acceptors (Lipinski definition) is 3. The summed E-state index contributed by atoms with van der Waals surface area (Å²) in [6, 6.07) is 7.13. The third kappa shape index (κ3) is 4.03. The molecule has 0 bridgehead atoms. The van der Waals surface area contributed by atoms with Gasteiger partial charge in [-0.05, 0) is 19.1 Å². The Balaban J connectivity index is 1.94. The van der Waals surface area contributed by atoms with Crippen LogP contribution in [0.25, 0.3) is 0 Å². The lowest BCUT2D eigenvalue weighted by molar-refractivity contribution is -0.116. The molecule has 0 fully saturated rings. The van der Waals surface area contributed by atoms with Crippen molar-refractivity contribution in [1.29, 1.82) is 0 Å². The van der Waals surface area contributed by atoms with E-state index in [2.05, 4.69) is 10.4 Å². The van der Waals surface area contributed by atoms with Gasteiger partial charge in [0.25, 0.3) is 0 Å². The van der Waals surface area contributed by atoms with Crippen molar-refractivity contribution in [2.24, 2.45) is 5.73 Å². The van der Waals surface area contributed by atoms with Gasteiger partial charge in [-0.3, -0.25) is 9.48 Å². The lowest BCUT2D eigenvalue weighted by atomic mass is 10.2. The first-order valence-electron chi connectivity index (χ1n) is 6.35. The molecule has 1 amide bonds. The lowest BCUT2D eigenvalue weighted by Crippen LogP contribution is -2.16. The number of nitrogens with one attached hydrogen (secondary N) is 1. The monoisotopic (exact) mass is 322 g/mol. The van der Waals surface area contributed by atoms with Gasteiger partial charge in [0, 0.05) is 17.7 Å². The maximum absolute atomic E-state index is 11.9. The van der Waals surface area contributed by atoms with Crippen LogP contribution >= 0.6 is 23.8 Å². The molecule has 7 heteroatoms. The standard InChI is InChI=1S/C14H15ClN4OS/c1-9-12(15)8-17-19(9)6-5-13(20)18-11-4-2-3-10(7-11)14(16)21/h2-4,7-8H,5-6H2,1H3,(H2,16,21)(H,18,20). The average molecular weight is 323 g/mol. The first kappa shape index (κ1) is 15.5. The molecule has 0 unspecified atom stereocenters. The second-order valence-electron chi connectivity index (χ2n) is 4.54. The molecular formula is C14H15ClN4OS. The fourth-order valence-electron chi connectivity index (χ4n) is 1.83. The van der Waals surface area contributed by atoms with Crippen molar-refractivity contribution in [3.05, 3.63) is 46.7 Å².